The van der Waals surface area contributed by atoms with Gasteiger partial charge in [-0.25, -0.2) is 5.43 Å². The number of carbonyl (C=O) groups is 1. The van der Waals surface area contributed by atoms with Gasteiger partial charge in [-0.1, -0.05) is 54.6 Å². The van der Waals surface area contributed by atoms with Gasteiger partial charge in [0, 0.05) is 11.6 Å². The predicted octanol–water partition coefficient (Wildman–Crippen LogP) is 6.54. The molecule has 4 aromatic rings. The Morgan fingerprint density at radius 1 is 0.971 bits per heavy atom. The lowest BCUT2D eigenvalue weighted by Gasteiger charge is -2.12. The summed E-state index contributed by atoms with van der Waals surface area (Å²) >= 11 is 7.06. The maximum absolute atomic E-state index is 12.2. The average Bonchev–Trinajstić information content (AvgIpc) is 2.83. The second-order valence-corrected chi connectivity index (χ2v) is 9.35. The highest BCUT2D eigenvalue weighted by molar-refractivity contribution is 9.11. The maximum Gasteiger partial charge on any atom is 0.273 e. The summed E-state index contributed by atoms with van der Waals surface area (Å²) in [5.74, 6) is 0.194. The molecule has 0 aliphatic carbocycles. The maximum atomic E-state index is 12.2. The second kappa shape index (κ2) is 11.2. The van der Waals surface area contributed by atoms with Crippen LogP contribution in [0.4, 0.5) is 5.69 Å². The zero-order valence-electron chi connectivity index (χ0n) is 18.3. The molecule has 9 heteroatoms. The van der Waals surface area contributed by atoms with Crippen molar-refractivity contribution in [3.63, 3.8) is 0 Å². The summed E-state index contributed by atoms with van der Waals surface area (Å²) in [7, 11) is 0. The van der Waals surface area contributed by atoms with E-state index in [1.165, 1.54) is 17.7 Å². The van der Waals surface area contributed by atoms with E-state index in [-0.39, 0.29) is 12.1 Å². The van der Waals surface area contributed by atoms with E-state index in [4.69, 9.17) is 4.74 Å². The molecule has 176 valence electrons. The van der Waals surface area contributed by atoms with Gasteiger partial charge in [-0.2, -0.15) is 5.10 Å². The van der Waals surface area contributed by atoms with Crippen LogP contribution >= 0.6 is 31.9 Å². The molecule has 0 aliphatic rings. The molecule has 0 heterocycles. The highest BCUT2D eigenvalue weighted by Gasteiger charge is 2.15. The first-order valence-corrected chi connectivity index (χ1v) is 12.1. The van der Waals surface area contributed by atoms with Crippen molar-refractivity contribution in [3.8, 4) is 5.75 Å². The molecular formula is C26H19Br2N3O4. The Morgan fingerprint density at radius 3 is 2.40 bits per heavy atom. The number of nitrogens with one attached hydrogen (secondary N) is 1. The Hall–Kier alpha value is -3.56. The molecule has 0 spiro atoms. The zero-order chi connectivity index (χ0) is 24.8. The van der Waals surface area contributed by atoms with Crippen LogP contribution in [0.3, 0.4) is 0 Å². The topological polar surface area (TPSA) is 93.8 Å². The summed E-state index contributed by atoms with van der Waals surface area (Å²) in [5.41, 5.74) is 4.40. The van der Waals surface area contributed by atoms with Crippen molar-refractivity contribution in [2.75, 3.05) is 0 Å². The number of carbonyl (C=O) groups excluding carboxylic acids is 1. The van der Waals surface area contributed by atoms with E-state index >= 15 is 0 Å². The van der Waals surface area contributed by atoms with Crippen LogP contribution in [0.25, 0.3) is 10.8 Å². The van der Waals surface area contributed by atoms with E-state index in [1.807, 2.05) is 30.3 Å². The average molecular weight is 597 g/mol. The first-order chi connectivity index (χ1) is 16.9. The third kappa shape index (κ3) is 6.32. The van der Waals surface area contributed by atoms with Gasteiger partial charge in [0.2, 0.25) is 5.91 Å². The number of hydrogen-bond donors (Lipinski definition) is 1. The van der Waals surface area contributed by atoms with Crippen molar-refractivity contribution in [3.05, 3.63) is 115 Å². The zero-order valence-corrected chi connectivity index (χ0v) is 21.5. The Kier molecular flexibility index (Phi) is 7.89. The molecule has 0 saturated heterocycles. The normalized spacial score (nSPS) is 11.0. The monoisotopic (exact) mass is 595 g/mol. The number of benzene rings is 4. The molecule has 4 aromatic carbocycles. The SMILES string of the molecule is O=C(Cc1ccccc1[N+](=O)[O-])N/N=C/c1cc(Br)c(OCc2ccc3ccccc3c2)c(Br)c1. The first kappa shape index (κ1) is 24.6. The minimum absolute atomic E-state index is 0.0984. The number of amides is 1. The highest BCUT2D eigenvalue weighted by Crippen LogP contribution is 2.35. The molecule has 0 aromatic heterocycles. The Morgan fingerprint density at radius 2 is 1.66 bits per heavy atom. The number of hydrogen-bond acceptors (Lipinski definition) is 5. The molecule has 1 amide bonds. The highest BCUT2D eigenvalue weighted by atomic mass is 79.9. The quantitative estimate of drug-likeness (QED) is 0.142. The Labute approximate surface area is 218 Å². The fourth-order valence-corrected chi connectivity index (χ4v) is 4.96. The van der Waals surface area contributed by atoms with Crippen molar-refractivity contribution in [1.29, 1.82) is 0 Å². The van der Waals surface area contributed by atoms with Gasteiger partial charge in [0.05, 0.1) is 26.5 Å². The lowest BCUT2D eigenvalue weighted by atomic mass is 10.1. The summed E-state index contributed by atoms with van der Waals surface area (Å²) in [5, 5.41) is 17.4. The number of ether oxygens (including phenoxy) is 1. The molecule has 0 saturated carbocycles. The Balaban J connectivity index is 1.38. The molecule has 0 radical (unpaired) electrons. The van der Waals surface area contributed by atoms with E-state index < -0.39 is 10.8 Å². The number of fused-ring (bicyclic) bond motifs is 1. The molecule has 7 nitrogen and oxygen atoms in total. The largest absolute Gasteiger partial charge is 0.487 e. The van der Waals surface area contributed by atoms with E-state index in [2.05, 4.69) is 66.7 Å². The van der Waals surface area contributed by atoms with Crippen molar-refractivity contribution >= 4 is 60.4 Å². The van der Waals surface area contributed by atoms with Crippen LogP contribution in [0, 0.1) is 10.1 Å². The number of nitro benzene ring substituents is 1. The third-order valence-electron chi connectivity index (χ3n) is 5.16. The fourth-order valence-electron chi connectivity index (χ4n) is 3.51. The van der Waals surface area contributed by atoms with Crippen molar-refractivity contribution in [2.24, 2.45) is 5.10 Å². The second-order valence-electron chi connectivity index (χ2n) is 7.64. The van der Waals surface area contributed by atoms with Gasteiger partial charge in [0.25, 0.3) is 5.69 Å². The number of rotatable bonds is 8. The van der Waals surface area contributed by atoms with Gasteiger partial charge < -0.3 is 4.74 Å². The van der Waals surface area contributed by atoms with Crippen LogP contribution < -0.4 is 10.2 Å². The van der Waals surface area contributed by atoms with E-state index in [0.29, 0.717) is 23.5 Å². The van der Waals surface area contributed by atoms with Crippen LogP contribution in [0.5, 0.6) is 5.75 Å². The van der Waals surface area contributed by atoms with E-state index in [9.17, 15) is 14.9 Å². The Bertz CT molecular complexity index is 1420. The van der Waals surface area contributed by atoms with Gasteiger partial charge >= 0.3 is 0 Å². The third-order valence-corrected chi connectivity index (χ3v) is 6.34. The number of nitro groups is 1. The van der Waals surface area contributed by atoms with Gasteiger partial charge in [-0.05, 0) is 72.0 Å². The number of hydrazone groups is 1. The van der Waals surface area contributed by atoms with Crippen molar-refractivity contribution < 1.29 is 14.5 Å². The molecule has 1 N–H and O–H groups in total. The first-order valence-electron chi connectivity index (χ1n) is 10.5. The molecule has 0 bridgehead atoms. The molecule has 0 atom stereocenters. The summed E-state index contributed by atoms with van der Waals surface area (Å²) < 4.78 is 7.48. The predicted molar refractivity (Wildman–Crippen MR) is 143 cm³/mol. The fraction of sp³-hybridized carbons (Fsp3) is 0.0769. The minimum Gasteiger partial charge on any atom is -0.487 e. The minimum atomic E-state index is -0.509. The van der Waals surface area contributed by atoms with Crippen LogP contribution in [0.2, 0.25) is 0 Å². The molecule has 0 aliphatic heterocycles. The van der Waals surface area contributed by atoms with Gasteiger partial charge in [-0.15, -0.1) is 0 Å². The molecule has 0 fully saturated rings. The molecule has 35 heavy (non-hydrogen) atoms. The number of nitrogens with zero attached hydrogens (tertiary/aromatic N) is 2. The van der Waals surface area contributed by atoms with Gasteiger partial charge in [-0.3, -0.25) is 14.9 Å². The van der Waals surface area contributed by atoms with Crippen molar-refractivity contribution in [1.82, 2.24) is 5.43 Å². The molecular weight excluding hydrogens is 578 g/mol. The summed E-state index contributed by atoms with van der Waals surface area (Å²) in [6.45, 7) is 0.400. The summed E-state index contributed by atoms with van der Waals surface area (Å²) in [4.78, 5) is 22.8. The van der Waals surface area contributed by atoms with Crippen molar-refractivity contribution in [2.45, 2.75) is 13.0 Å². The van der Waals surface area contributed by atoms with Crippen LogP contribution in [-0.4, -0.2) is 17.0 Å². The van der Waals surface area contributed by atoms with Crippen LogP contribution in [0.1, 0.15) is 16.7 Å². The summed E-state index contributed by atoms with van der Waals surface area (Å²) in [6.07, 6.45) is 1.34. The number of para-hydroxylation sites is 1. The van der Waals surface area contributed by atoms with Gasteiger partial charge in [0.1, 0.15) is 12.4 Å². The van der Waals surface area contributed by atoms with Crippen LogP contribution in [-0.2, 0) is 17.8 Å². The molecule has 4 rings (SSSR count). The summed E-state index contributed by atoms with van der Waals surface area (Å²) in [6, 6.07) is 24.1. The van der Waals surface area contributed by atoms with Gasteiger partial charge in [0.15, 0.2) is 0 Å². The number of halogens is 2. The van der Waals surface area contributed by atoms with E-state index in [0.717, 1.165) is 19.9 Å². The lowest BCUT2D eigenvalue weighted by molar-refractivity contribution is -0.385. The van der Waals surface area contributed by atoms with E-state index in [1.54, 1.807) is 18.2 Å². The standard InChI is InChI=1S/C26H19Br2N3O4/c27-22-12-18(15-29-30-25(32)14-21-7-3-4-8-24(21)31(33)34)13-23(28)26(22)35-16-17-9-10-19-5-1-2-6-20(19)11-17/h1-13,15H,14,16H2,(H,30,32)/b29-15+. The molecule has 0 unspecified atom stereocenters. The van der Waals surface area contributed by atoms with Crippen LogP contribution in [0.15, 0.2) is 92.9 Å². The smallest absolute Gasteiger partial charge is 0.273 e. The lowest BCUT2D eigenvalue weighted by Crippen LogP contribution is -2.20.